The van der Waals surface area contributed by atoms with Crippen LogP contribution in [0.3, 0.4) is 0 Å². The molecule has 0 spiro atoms. The summed E-state index contributed by atoms with van der Waals surface area (Å²) in [7, 11) is 0. The molecule has 2 aromatic carbocycles. The van der Waals surface area contributed by atoms with Crippen LogP contribution < -0.4 is 0 Å². The molecule has 17 heavy (non-hydrogen) atoms. The maximum atomic E-state index is 7.86. The van der Waals surface area contributed by atoms with Gasteiger partial charge in [-0.15, -0.1) is 0 Å². The van der Waals surface area contributed by atoms with Crippen LogP contribution >= 0.6 is 34.8 Å². The Hall–Kier alpha value is -0.690. The summed E-state index contributed by atoms with van der Waals surface area (Å²) in [4.78, 5) is 0. The van der Waals surface area contributed by atoms with Gasteiger partial charge in [-0.3, -0.25) is 0 Å². The van der Waals surface area contributed by atoms with Crippen LogP contribution in [0.2, 0.25) is 0 Å². The fourth-order valence-corrected chi connectivity index (χ4v) is 1.87. The molecule has 0 nitrogen and oxygen atoms in total. The topological polar surface area (TPSA) is 0 Å². The lowest BCUT2D eigenvalue weighted by molar-refractivity contribution is 1.02. The van der Waals surface area contributed by atoms with E-state index in [4.69, 9.17) is 37.5 Å². The smallest absolute Gasteiger partial charge is 0.0833 e. The van der Waals surface area contributed by atoms with E-state index in [0.29, 0.717) is 5.56 Å². The molecule has 0 radical (unpaired) electrons. The summed E-state index contributed by atoms with van der Waals surface area (Å²) in [5.41, 5.74) is 2.39. The van der Waals surface area contributed by atoms with Crippen LogP contribution in [-0.2, 0) is 6.37 Å². The van der Waals surface area contributed by atoms with E-state index >= 15 is 0 Å². The standard InChI is InChI=1S/C14H11Cl3/c15-14(16,17)10-11-6-8-13(9-7-11)12-4-2-1-3-5-12/h1-9H,10H2/i10D2. The number of benzene rings is 2. The van der Waals surface area contributed by atoms with Crippen molar-refractivity contribution < 1.29 is 2.74 Å². The number of rotatable bonds is 2. The minimum atomic E-state index is -2.03. The highest BCUT2D eigenvalue weighted by molar-refractivity contribution is 6.67. The van der Waals surface area contributed by atoms with Crippen LogP contribution in [0.4, 0.5) is 0 Å². The molecule has 0 N–H and O–H groups in total. The second-order valence-electron chi connectivity index (χ2n) is 3.57. The first-order valence-electron chi connectivity index (χ1n) is 6.05. The molecule has 88 valence electrons. The fourth-order valence-electron chi connectivity index (χ4n) is 1.54. The van der Waals surface area contributed by atoms with Gasteiger partial charge >= 0.3 is 0 Å². The largest absolute Gasteiger partial charge is 0.194 e. The molecule has 0 unspecified atom stereocenters. The highest BCUT2D eigenvalue weighted by Crippen LogP contribution is 2.31. The molecule has 0 aliphatic rings. The van der Waals surface area contributed by atoms with Gasteiger partial charge < -0.3 is 0 Å². The molecule has 0 fully saturated rings. The quantitative estimate of drug-likeness (QED) is 0.660. The molecule has 0 atom stereocenters. The average Bonchev–Trinajstić information content (AvgIpc) is 2.39. The first-order chi connectivity index (χ1) is 8.82. The molecule has 0 bridgehead atoms. The lowest BCUT2D eigenvalue weighted by Crippen LogP contribution is -2.06. The van der Waals surface area contributed by atoms with Gasteiger partial charge in [0.1, 0.15) is 0 Å². The van der Waals surface area contributed by atoms with E-state index < -0.39 is 10.2 Å². The Labute approximate surface area is 119 Å². The zero-order valence-corrected chi connectivity index (χ0v) is 11.1. The minimum absolute atomic E-state index is 0.340. The van der Waals surface area contributed by atoms with Gasteiger partial charge in [0.2, 0.25) is 0 Å². The van der Waals surface area contributed by atoms with Gasteiger partial charge in [-0.05, 0) is 16.7 Å². The summed E-state index contributed by atoms with van der Waals surface area (Å²) in [6, 6.07) is 16.7. The third-order valence-corrected chi connectivity index (χ3v) is 2.56. The summed E-state index contributed by atoms with van der Waals surface area (Å²) in [6.45, 7) is 0. The SMILES string of the molecule is [2H]C([2H])(c1ccc(-c2ccccc2)cc1)C(Cl)(Cl)Cl. The van der Waals surface area contributed by atoms with Gasteiger partial charge in [-0.25, -0.2) is 0 Å². The third-order valence-electron chi connectivity index (χ3n) is 2.28. The van der Waals surface area contributed by atoms with Crippen molar-refractivity contribution in [2.24, 2.45) is 0 Å². The van der Waals surface area contributed by atoms with Gasteiger partial charge in [-0.2, -0.15) is 0 Å². The van der Waals surface area contributed by atoms with Crippen LogP contribution in [0.1, 0.15) is 8.30 Å². The molecule has 2 aromatic rings. The van der Waals surface area contributed by atoms with Crippen LogP contribution in [-0.4, -0.2) is 3.79 Å². The summed E-state index contributed by atoms with van der Waals surface area (Å²) in [5, 5.41) is 0. The predicted octanol–water partition coefficient (Wildman–Crippen LogP) is 5.27. The van der Waals surface area contributed by atoms with E-state index in [0.717, 1.165) is 11.1 Å². The normalized spacial score (nSPS) is 14.1. The summed E-state index contributed by atoms with van der Waals surface area (Å²) >= 11 is 17.0. The third kappa shape index (κ3) is 3.92. The van der Waals surface area contributed by atoms with Crippen molar-refractivity contribution in [2.45, 2.75) is 10.2 Å². The number of hydrogen-bond donors (Lipinski definition) is 0. The molecule has 0 heterocycles. The van der Waals surface area contributed by atoms with E-state index in [2.05, 4.69) is 0 Å². The van der Waals surface area contributed by atoms with Crippen LogP contribution in [0, 0.1) is 0 Å². The van der Waals surface area contributed by atoms with Crippen molar-refractivity contribution in [2.75, 3.05) is 0 Å². The molecule has 0 aliphatic carbocycles. The maximum Gasteiger partial charge on any atom is 0.194 e. The van der Waals surface area contributed by atoms with Crippen LogP contribution in [0.5, 0.6) is 0 Å². The second-order valence-corrected chi connectivity index (χ2v) is 5.85. The molecule has 0 saturated heterocycles. The lowest BCUT2D eigenvalue weighted by Gasteiger charge is -2.11. The highest BCUT2D eigenvalue weighted by Gasteiger charge is 2.19. The molecule has 0 aliphatic heterocycles. The zero-order valence-electron chi connectivity index (χ0n) is 10.8. The van der Waals surface area contributed by atoms with Crippen LogP contribution in [0.15, 0.2) is 54.6 Å². The van der Waals surface area contributed by atoms with Crippen molar-refractivity contribution in [1.82, 2.24) is 0 Å². The molecule has 0 amide bonds. The lowest BCUT2D eigenvalue weighted by atomic mass is 10.0. The first-order valence-corrected chi connectivity index (χ1v) is 6.18. The molecular weight excluding hydrogens is 275 g/mol. The minimum Gasteiger partial charge on any atom is -0.0833 e. The Morgan fingerprint density at radius 1 is 0.824 bits per heavy atom. The molecule has 0 aromatic heterocycles. The molecule has 2 rings (SSSR count). The Balaban J connectivity index is 2.35. The maximum absolute atomic E-state index is 7.86. The van der Waals surface area contributed by atoms with Crippen molar-refractivity contribution >= 4 is 34.8 Å². The molecule has 0 saturated carbocycles. The van der Waals surface area contributed by atoms with Gasteiger partial charge in [0.15, 0.2) is 3.79 Å². The second kappa shape index (κ2) is 5.30. The van der Waals surface area contributed by atoms with Crippen molar-refractivity contribution in [1.29, 1.82) is 0 Å². The van der Waals surface area contributed by atoms with Crippen molar-refractivity contribution in [3.63, 3.8) is 0 Å². The predicted molar refractivity (Wildman–Crippen MR) is 75.9 cm³/mol. The van der Waals surface area contributed by atoms with Gasteiger partial charge in [0, 0.05) is 9.11 Å². The Bertz CT molecular complexity index is 545. The summed E-state index contributed by atoms with van der Waals surface area (Å²) < 4.78 is 13.7. The Kier molecular flexibility index (Phi) is 3.20. The van der Waals surface area contributed by atoms with Crippen molar-refractivity contribution in [3.05, 3.63) is 60.2 Å². The Morgan fingerprint density at radius 3 is 1.88 bits per heavy atom. The van der Waals surface area contributed by atoms with Crippen molar-refractivity contribution in [3.8, 4) is 11.1 Å². The summed E-state index contributed by atoms with van der Waals surface area (Å²) in [6.07, 6.45) is -2.03. The highest BCUT2D eigenvalue weighted by atomic mass is 35.6. The van der Waals surface area contributed by atoms with Crippen LogP contribution in [0.25, 0.3) is 11.1 Å². The average molecular weight is 288 g/mol. The summed E-state index contributed by atoms with van der Waals surface area (Å²) in [5.74, 6) is 0. The van der Waals surface area contributed by atoms with E-state index in [1.165, 1.54) is 0 Å². The van der Waals surface area contributed by atoms with E-state index in [1.54, 1.807) is 12.1 Å². The van der Waals surface area contributed by atoms with Gasteiger partial charge in [0.05, 0.1) is 0 Å². The van der Waals surface area contributed by atoms with E-state index in [1.807, 2.05) is 42.5 Å². The number of alkyl halides is 3. The fraction of sp³-hybridized carbons (Fsp3) is 0.143. The molecule has 3 heteroatoms. The van der Waals surface area contributed by atoms with Gasteiger partial charge in [0.25, 0.3) is 0 Å². The number of hydrogen-bond acceptors (Lipinski definition) is 0. The molecular formula is C14H11Cl3. The van der Waals surface area contributed by atoms with Gasteiger partial charge in [-0.1, -0.05) is 89.4 Å². The zero-order chi connectivity index (χ0) is 14.1. The Morgan fingerprint density at radius 2 is 1.35 bits per heavy atom. The monoisotopic (exact) mass is 286 g/mol. The first kappa shape index (κ1) is 10.3. The van der Waals surface area contributed by atoms with E-state index in [-0.39, 0.29) is 0 Å². The van der Waals surface area contributed by atoms with E-state index in [9.17, 15) is 0 Å². The number of halogens is 3.